The van der Waals surface area contributed by atoms with Crippen LogP contribution in [0.3, 0.4) is 0 Å². The predicted molar refractivity (Wildman–Crippen MR) is 114 cm³/mol. The van der Waals surface area contributed by atoms with Crippen molar-refractivity contribution in [2.24, 2.45) is 0 Å². The average Bonchev–Trinajstić information content (AvgIpc) is 3.09. The Hall–Kier alpha value is -1.95. The van der Waals surface area contributed by atoms with E-state index in [0.29, 0.717) is 16.6 Å². The number of hydrogen-bond acceptors (Lipinski definition) is 4. The smallest absolute Gasteiger partial charge is 0.407 e. The molecule has 0 radical (unpaired) electrons. The standard InChI is InChI=1S/C22H24Cl2N2O3/c23-17-3-1-16(2-4-17)20(28-19-7-5-18(24)6-8-19)9-12-26-13-10-22(11-14-26)15-25-21(27)29-22/h1-8,20H,9-15H2,(H,25,27)/t20-/m0/s1. The highest BCUT2D eigenvalue weighted by Gasteiger charge is 2.42. The molecule has 1 spiro atoms. The van der Waals surface area contributed by atoms with Crippen molar-refractivity contribution >= 4 is 29.3 Å². The van der Waals surface area contributed by atoms with Crippen molar-refractivity contribution in [1.29, 1.82) is 0 Å². The molecule has 0 saturated carbocycles. The van der Waals surface area contributed by atoms with E-state index in [-0.39, 0.29) is 17.8 Å². The average molecular weight is 435 g/mol. The molecule has 1 amide bonds. The molecule has 2 aliphatic rings. The Kier molecular flexibility index (Phi) is 6.18. The van der Waals surface area contributed by atoms with Crippen LogP contribution < -0.4 is 10.1 Å². The molecule has 7 heteroatoms. The lowest BCUT2D eigenvalue weighted by molar-refractivity contribution is -0.00139. The summed E-state index contributed by atoms with van der Waals surface area (Å²) in [7, 11) is 0. The summed E-state index contributed by atoms with van der Waals surface area (Å²) in [5, 5.41) is 4.18. The molecule has 1 atom stereocenters. The van der Waals surface area contributed by atoms with Crippen LogP contribution in [0.4, 0.5) is 4.79 Å². The van der Waals surface area contributed by atoms with E-state index in [9.17, 15) is 4.79 Å². The number of alkyl carbamates (subject to hydrolysis) is 1. The van der Waals surface area contributed by atoms with Gasteiger partial charge in [-0.1, -0.05) is 35.3 Å². The normalized spacial score (nSPS) is 19.6. The third-order valence-corrected chi connectivity index (χ3v) is 6.18. The van der Waals surface area contributed by atoms with Crippen molar-refractivity contribution in [2.45, 2.75) is 31.0 Å². The van der Waals surface area contributed by atoms with Gasteiger partial charge in [-0.05, 0) is 42.0 Å². The quantitative estimate of drug-likeness (QED) is 0.688. The van der Waals surface area contributed by atoms with Crippen LogP contribution in [0.5, 0.6) is 5.75 Å². The summed E-state index contributed by atoms with van der Waals surface area (Å²) in [4.78, 5) is 13.8. The van der Waals surface area contributed by atoms with E-state index in [0.717, 1.165) is 50.2 Å². The fraction of sp³-hybridized carbons (Fsp3) is 0.409. The first kappa shape index (κ1) is 20.3. The highest BCUT2D eigenvalue weighted by molar-refractivity contribution is 6.30. The minimum Gasteiger partial charge on any atom is -0.486 e. The Bertz CT molecular complexity index is 834. The van der Waals surface area contributed by atoms with Crippen LogP contribution in [-0.2, 0) is 4.74 Å². The van der Waals surface area contributed by atoms with Gasteiger partial charge in [-0.15, -0.1) is 0 Å². The minimum atomic E-state index is -0.316. The largest absolute Gasteiger partial charge is 0.486 e. The third-order valence-electron chi connectivity index (χ3n) is 5.67. The van der Waals surface area contributed by atoms with Gasteiger partial charge < -0.3 is 19.7 Å². The van der Waals surface area contributed by atoms with Crippen LogP contribution in [0, 0.1) is 0 Å². The second-order valence-corrected chi connectivity index (χ2v) is 8.54. The van der Waals surface area contributed by atoms with Crippen molar-refractivity contribution < 1.29 is 14.3 Å². The monoisotopic (exact) mass is 434 g/mol. The van der Waals surface area contributed by atoms with E-state index in [1.165, 1.54) is 0 Å². The molecule has 0 bridgehead atoms. The molecule has 2 aromatic rings. The summed E-state index contributed by atoms with van der Waals surface area (Å²) in [6, 6.07) is 15.2. The van der Waals surface area contributed by atoms with Gasteiger partial charge in [0.1, 0.15) is 17.5 Å². The number of hydrogen-bond donors (Lipinski definition) is 1. The maximum absolute atomic E-state index is 11.4. The van der Waals surface area contributed by atoms with Crippen molar-refractivity contribution in [2.75, 3.05) is 26.2 Å². The van der Waals surface area contributed by atoms with Crippen LogP contribution in [0.2, 0.25) is 10.0 Å². The summed E-state index contributed by atoms with van der Waals surface area (Å²) >= 11 is 12.1. The molecule has 0 aromatic heterocycles. The number of rotatable bonds is 6. The van der Waals surface area contributed by atoms with E-state index in [2.05, 4.69) is 10.2 Å². The van der Waals surface area contributed by atoms with E-state index in [1.54, 1.807) is 0 Å². The Morgan fingerprint density at radius 3 is 2.24 bits per heavy atom. The highest BCUT2D eigenvalue weighted by Crippen LogP contribution is 2.31. The number of halogens is 2. The van der Waals surface area contributed by atoms with Gasteiger partial charge in [0.15, 0.2) is 0 Å². The van der Waals surface area contributed by atoms with Crippen molar-refractivity contribution in [3.8, 4) is 5.75 Å². The Balaban J connectivity index is 1.38. The topological polar surface area (TPSA) is 50.8 Å². The number of likely N-dealkylation sites (tertiary alicyclic amines) is 1. The number of amides is 1. The fourth-order valence-corrected chi connectivity index (χ4v) is 4.17. The van der Waals surface area contributed by atoms with E-state index in [1.807, 2.05) is 48.5 Å². The molecule has 154 valence electrons. The van der Waals surface area contributed by atoms with Crippen LogP contribution >= 0.6 is 23.2 Å². The maximum atomic E-state index is 11.4. The Morgan fingerprint density at radius 1 is 1.03 bits per heavy atom. The summed E-state index contributed by atoms with van der Waals surface area (Å²) < 4.78 is 11.8. The summed E-state index contributed by atoms with van der Waals surface area (Å²) in [5.41, 5.74) is 0.773. The Labute approximate surface area is 180 Å². The van der Waals surface area contributed by atoms with Crippen molar-refractivity contribution in [3.05, 3.63) is 64.1 Å². The Morgan fingerprint density at radius 2 is 1.66 bits per heavy atom. The number of nitrogens with zero attached hydrogens (tertiary/aromatic N) is 1. The highest BCUT2D eigenvalue weighted by atomic mass is 35.5. The number of carbonyl (C=O) groups excluding carboxylic acids is 1. The minimum absolute atomic E-state index is 0.0877. The molecule has 29 heavy (non-hydrogen) atoms. The zero-order chi connectivity index (χ0) is 20.3. The molecular formula is C22H24Cl2N2O3. The van der Waals surface area contributed by atoms with Gasteiger partial charge >= 0.3 is 6.09 Å². The molecule has 0 unspecified atom stereocenters. The first-order chi connectivity index (χ1) is 14.0. The van der Waals surface area contributed by atoms with E-state index < -0.39 is 0 Å². The lowest BCUT2D eigenvalue weighted by Crippen LogP contribution is -2.47. The molecule has 2 aromatic carbocycles. The summed E-state index contributed by atoms with van der Waals surface area (Å²) in [6.07, 6.45) is 2.17. The number of carbonyl (C=O) groups is 1. The molecule has 1 N–H and O–H groups in total. The van der Waals surface area contributed by atoms with Gasteiger partial charge in [-0.25, -0.2) is 4.79 Å². The van der Waals surface area contributed by atoms with Gasteiger partial charge in [0.25, 0.3) is 0 Å². The molecule has 5 nitrogen and oxygen atoms in total. The summed E-state index contributed by atoms with van der Waals surface area (Å²) in [5.74, 6) is 0.788. The van der Waals surface area contributed by atoms with Crippen molar-refractivity contribution in [3.63, 3.8) is 0 Å². The lowest BCUT2D eigenvalue weighted by atomic mass is 9.91. The number of benzene rings is 2. The van der Waals surface area contributed by atoms with Crippen LogP contribution in [0.25, 0.3) is 0 Å². The molecule has 2 fully saturated rings. The lowest BCUT2D eigenvalue weighted by Gasteiger charge is -2.37. The predicted octanol–water partition coefficient (Wildman–Crippen LogP) is 5.08. The van der Waals surface area contributed by atoms with Crippen LogP contribution in [0.1, 0.15) is 30.9 Å². The zero-order valence-electron chi connectivity index (χ0n) is 16.1. The van der Waals surface area contributed by atoms with Gasteiger partial charge in [0.2, 0.25) is 0 Å². The molecule has 0 aliphatic carbocycles. The van der Waals surface area contributed by atoms with Gasteiger partial charge in [-0.3, -0.25) is 0 Å². The molecule has 2 heterocycles. The van der Waals surface area contributed by atoms with Gasteiger partial charge in [-0.2, -0.15) is 0 Å². The first-order valence-electron chi connectivity index (χ1n) is 9.88. The second kappa shape index (κ2) is 8.82. The SMILES string of the molecule is O=C1NCC2(CCN(CC[C@H](Oc3ccc(Cl)cc3)c3ccc(Cl)cc3)CC2)O1. The third kappa shape index (κ3) is 5.16. The maximum Gasteiger partial charge on any atom is 0.407 e. The molecule has 2 aliphatic heterocycles. The number of ether oxygens (including phenoxy) is 2. The van der Waals surface area contributed by atoms with E-state index >= 15 is 0 Å². The second-order valence-electron chi connectivity index (χ2n) is 7.67. The van der Waals surface area contributed by atoms with Gasteiger partial charge in [0.05, 0.1) is 6.54 Å². The first-order valence-corrected chi connectivity index (χ1v) is 10.6. The molecular weight excluding hydrogens is 411 g/mol. The molecule has 4 rings (SSSR count). The van der Waals surface area contributed by atoms with Gasteiger partial charge in [0, 0.05) is 48.9 Å². The van der Waals surface area contributed by atoms with Crippen LogP contribution in [0.15, 0.2) is 48.5 Å². The number of piperidine rings is 1. The number of nitrogens with one attached hydrogen (secondary N) is 1. The zero-order valence-corrected chi connectivity index (χ0v) is 17.6. The molecule has 2 saturated heterocycles. The van der Waals surface area contributed by atoms with Crippen LogP contribution in [-0.4, -0.2) is 42.8 Å². The summed E-state index contributed by atoms with van der Waals surface area (Å²) in [6.45, 7) is 3.33. The van der Waals surface area contributed by atoms with E-state index in [4.69, 9.17) is 32.7 Å². The fourth-order valence-electron chi connectivity index (χ4n) is 3.91. The van der Waals surface area contributed by atoms with Crippen molar-refractivity contribution in [1.82, 2.24) is 10.2 Å².